The number of benzene rings is 7. The lowest BCUT2D eigenvalue weighted by Gasteiger charge is -2.32. The first-order valence-corrected chi connectivity index (χ1v) is 20.3. The van der Waals surface area contributed by atoms with Crippen LogP contribution in [-0.4, -0.2) is 18.3 Å². The molecule has 0 amide bonds. The van der Waals surface area contributed by atoms with Crippen molar-refractivity contribution in [3.63, 3.8) is 0 Å². The van der Waals surface area contributed by atoms with E-state index < -0.39 is 18.3 Å². The normalized spacial score (nSPS) is 16.2. The number of nitrogens with zero attached hydrogens (tertiary/aromatic N) is 1. The zero-order valence-corrected chi connectivity index (χ0v) is 33.9. The molecule has 284 valence electrons. The van der Waals surface area contributed by atoms with E-state index in [-0.39, 0.29) is 0 Å². The molecule has 9 rings (SSSR count). The summed E-state index contributed by atoms with van der Waals surface area (Å²) in [4.78, 5) is 2.43. The predicted octanol–water partition coefficient (Wildman–Crippen LogP) is 13.3. The van der Waals surface area contributed by atoms with Crippen molar-refractivity contribution in [1.82, 2.24) is 0 Å². The molecule has 7 aromatic carbocycles. The molecule has 1 fully saturated rings. The van der Waals surface area contributed by atoms with Crippen molar-refractivity contribution >= 4 is 29.5 Å². The maximum Gasteiger partial charge on any atom is 0.494 e. The van der Waals surface area contributed by atoms with Gasteiger partial charge in [0.05, 0.1) is 16.9 Å². The highest BCUT2D eigenvalue weighted by Crippen LogP contribution is 2.43. The summed E-state index contributed by atoms with van der Waals surface area (Å²) in [5.41, 5.74) is 16.9. The summed E-state index contributed by atoms with van der Waals surface area (Å²) in [5, 5.41) is 0. The third-order valence-corrected chi connectivity index (χ3v) is 12.1. The Morgan fingerprint density at radius 1 is 0.517 bits per heavy atom. The monoisotopic (exact) mass is 753 g/mol. The Labute approximate surface area is 344 Å². The molecule has 0 N–H and O–H groups in total. The highest BCUT2D eigenvalue weighted by Gasteiger charge is 2.51. The van der Waals surface area contributed by atoms with Crippen LogP contribution < -0.4 is 10.4 Å². The Morgan fingerprint density at radius 3 is 1.67 bits per heavy atom. The van der Waals surface area contributed by atoms with Gasteiger partial charge in [0.1, 0.15) is 0 Å². The van der Waals surface area contributed by atoms with E-state index in [4.69, 9.17) is 9.31 Å². The largest absolute Gasteiger partial charge is 0.494 e. The Balaban J connectivity index is 1.20. The van der Waals surface area contributed by atoms with Crippen LogP contribution in [0.25, 0.3) is 50.1 Å². The fraction of sp³-hybridized carbons (Fsp3) is 0.148. The van der Waals surface area contributed by atoms with E-state index in [2.05, 4.69) is 228 Å². The fourth-order valence-electron chi connectivity index (χ4n) is 8.27. The summed E-state index contributed by atoms with van der Waals surface area (Å²) >= 11 is 0. The van der Waals surface area contributed by atoms with Crippen LogP contribution in [0.1, 0.15) is 45.7 Å². The predicted molar refractivity (Wildman–Crippen MR) is 244 cm³/mol. The first-order valence-electron chi connectivity index (χ1n) is 20.3. The van der Waals surface area contributed by atoms with E-state index in [1.165, 1.54) is 61.2 Å². The van der Waals surface area contributed by atoms with Gasteiger partial charge in [0, 0.05) is 16.9 Å². The Bertz CT molecular complexity index is 2590. The molecule has 0 unspecified atom stereocenters. The van der Waals surface area contributed by atoms with Crippen molar-refractivity contribution in [3.05, 3.63) is 205 Å². The average molecular weight is 754 g/mol. The van der Waals surface area contributed by atoms with Crippen LogP contribution in [0.15, 0.2) is 194 Å². The molecule has 4 heteroatoms. The van der Waals surface area contributed by atoms with Crippen molar-refractivity contribution in [3.8, 4) is 44.5 Å². The molecule has 1 heterocycles. The number of anilines is 2. The van der Waals surface area contributed by atoms with Crippen LogP contribution in [0.5, 0.6) is 0 Å². The van der Waals surface area contributed by atoms with Gasteiger partial charge in [-0.1, -0.05) is 158 Å². The van der Waals surface area contributed by atoms with Crippen molar-refractivity contribution in [2.75, 3.05) is 4.90 Å². The van der Waals surface area contributed by atoms with Gasteiger partial charge in [-0.05, 0) is 132 Å². The number of fused-ring (bicyclic) bond motifs is 3. The standard InChI is InChI=1S/C54H48BNO2/c1-38(29-30-43-33-42-25-15-16-26-48(42)51-37-46(31-32-49(43)51)55-57-53(2,3)54(4,5)58-55)56(52-28-18-17-27-50(52)41-23-13-8-14-24-41)47-35-44(39-19-9-6-10-20-39)34-45(36-47)40-21-11-7-12-22-40/h6-32,34-37H,33H2,1-5H3/b38-29+,43-30+. The van der Waals surface area contributed by atoms with Gasteiger partial charge in [-0.2, -0.15) is 0 Å². The molecule has 0 aromatic heterocycles. The van der Waals surface area contributed by atoms with Gasteiger partial charge in [0.15, 0.2) is 0 Å². The maximum absolute atomic E-state index is 6.51. The van der Waals surface area contributed by atoms with Crippen molar-refractivity contribution < 1.29 is 9.31 Å². The lowest BCUT2D eigenvalue weighted by molar-refractivity contribution is 0.00578. The second-order valence-corrected chi connectivity index (χ2v) is 16.4. The number of allylic oxidation sites excluding steroid dienone is 4. The highest BCUT2D eigenvalue weighted by molar-refractivity contribution is 6.62. The third-order valence-electron chi connectivity index (χ3n) is 12.1. The molecule has 0 radical (unpaired) electrons. The van der Waals surface area contributed by atoms with Gasteiger partial charge in [0.25, 0.3) is 0 Å². The van der Waals surface area contributed by atoms with Crippen LogP contribution >= 0.6 is 0 Å². The average Bonchev–Trinajstić information content (AvgIpc) is 3.49. The molecule has 1 aliphatic carbocycles. The van der Waals surface area contributed by atoms with Crippen molar-refractivity contribution in [1.29, 1.82) is 0 Å². The molecular formula is C54H48BNO2. The number of hydrogen-bond donors (Lipinski definition) is 0. The zero-order chi connectivity index (χ0) is 39.9. The van der Waals surface area contributed by atoms with E-state index >= 15 is 0 Å². The van der Waals surface area contributed by atoms with Gasteiger partial charge in [0.2, 0.25) is 0 Å². The van der Waals surface area contributed by atoms with Gasteiger partial charge < -0.3 is 14.2 Å². The van der Waals surface area contributed by atoms with E-state index in [0.29, 0.717) is 0 Å². The minimum Gasteiger partial charge on any atom is -0.399 e. The summed E-state index contributed by atoms with van der Waals surface area (Å²) in [6, 6.07) is 63.3. The Kier molecular flexibility index (Phi) is 9.85. The Morgan fingerprint density at radius 2 is 1.05 bits per heavy atom. The maximum atomic E-state index is 6.51. The molecule has 0 atom stereocenters. The van der Waals surface area contributed by atoms with Crippen LogP contribution in [0.4, 0.5) is 11.4 Å². The molecule has 2 aliphatic rings. The van der Waals surface area contributed by atoms with Crippen molar-refractivity contribution in [2.24, 2.45) is 0 Å². The summed E-state index contributed by atoms with van der Waals surface area (Å²) < 4.78 is 13.0. The van der Waals surface area contributed by atoms with Gasteiger partial charge >= 0.3 is 7.12 Å². The van der Waals surface area contributed by atoms with Gasteiger partial charge in [-0.25, -0.2) is 0 Å². The van der Waals surface area contributed by atoms with Gasteiger partial charge in [-0.15, -0.1) is 0 Å². The minimum absolute atomic E-state index is 0.410. The van der Waals surface area contributed by atoms with Crippen LogP contribution in [0.3, 0.4) is 0 Å². The first kappa shape index (κ1) is 37.4. The van der Waals surface area contributed by atoms with Gasteiger partial charge in [-0.3, -0.25) is 0 Å². The topological polar surface area (TPSA) is 21.7 Å². The molecule has 58 heavy (non-hydrogen) atoms. The van der Waals surface area contributed by atoms with Crippen LogP contribution in [-0.2, 0) is 15.7 Å². The molecule has 0 saturated carbocycles. The molecule has 7 aromatic rings. The number of hydrogen-bond acceptors (Lipinski definition) is 3. The van der Waals surface area contributed by atoms with E-state index in [1.54, 1.807) is 0 Å². The lowest BCUT2D eigenvalue weighted by atomic mass is 9.74. The second-order valence-electron chi connectivity index (χ2n) is 16.4. The van der Waals surface area contributed by atoms with Crippen LogP contribution in [0.2, 0.25) is 0 Å². The molecule has 1 saturated heterocycles. The van der Waals surface area contributed by atoms with E-state index in [0.717, 1.165) is 29.0 Å². The molecule has 1 aliphatic heterocycles. The SMILES string of the molecule is C/C(=C\C=C1/Cc2ccccc2-c2cc(B3OC(C)(C)C(C)(C)O3)ccc21)N(c1cc(-c2ccccc2)cc(-c2ccccc2)c1)c1ccccc1-c1ccccc1. The fourth-order valence-corrected chi connectivity index (χ4v) is 8.27. The minimum atomic E-state index is -0.426. The molecule has 0 bridgehead atoms. The number of rotatable bonds is 8. The molecule has 3 nitrogen and oxygen atoms in total. The highest BCUT2D eigenvalue weighted by atomic mass is 16.7. The van der Waals surface area contributed by atoms with Crippen LogP contribution in [0, 0.1) is 0 Å². The Hall–Kier alpha value is -6.20. The summed E-state index contributed by atoms with van der Waals surface area (Å²) in [5.74, 6) is 0. The smallest absolute Gasteiger partial charge is 0.399 e. The quantitative estimate of drug-likeness (QED) is 0.144. The van der Waals surface area contributed by atoms with E-state index in [1.807, 2.05) is 0 Å². The second kappa shape index (κ2) is 15.3. The number of para-hydroxylation sites is 1. The lowest BCUT2D eigenvalue weighted by Crippen LogP contribution is -2.41. The van der Waals surface area contributed by atoms with Crippen molar-refractivity contribution in [2.45, 2.75) is 52.2 Å². The summed E-state index contributed by atoms with van der Waals surface area (Å²) in [6.45, 7) is 10.7. The summed E-state index contributed by atoms with van der Waals surface area (Å²) in [7, 11) is -0.426. The molecule has 0 spiro atoms. The molecular weight excluding hydrogens is 705 g/mol. The first-order chi connectivity index (χ1) is 28.1. The van der Waals surface area contributed by atoms with E-state index in [9.17, 15) is 0 Å². The summed E-state index contributed by atoms with van der Waals surface area (Å²) in [6.07, 6.45) is 5.47. The third kappa shape index (κ3) is 7.15. The zero-order valence-electron chi connectivity index (χ0n) is 33.9.